The van der Waals surface area contributed by atoms with E-state index in [0.29, 0.717) is 25.2 Å². The summed E-state index contributed by atoms with van der Waals surface area (Å²) in [6.07, 6.45) is 1.43. The Labute approximate surface area is 157 Å². The standard InChI is InChI=1S/C19H24N4O4/c1-13-10-22(19(26)20-18(13)25)12-17(24)23-9-8-21(11-14(23)2)15-6-4-5-7-16(15)27-3/h4-7,10,14H,8-9,11-12H2,1-3H3,(H,20,25,26)/t14-/m1/s1. The molecule has 0 saturated carbocycles. The van der Waals surface area contributed by atoms with Gasteiger partial charge in [-0.3, -0.25) is 19.1 Å². The highest BCUT2D eigenvalue weighted by atomic mass is 16.5. The molecule has 3 rings (SSSR count). The Bertz CT molecular complexity index is 949. The van der Waals surface area contributed by atoms with Gasteiger partial charge in [0.25, 0.3) is 5.56 Å². The first kappa shape index (κ1) is 18.8. The van der Waals surface area contributed by atoms with Gasteiger partial charge in [-0.2, -0.15) is 0 Å². The van der Waals surface area contributed by atoms with E-state index in [1.807, 2.05) is 31.2 Å². The molecular formula is C19H24N4O4. The summed E-state index contributed by atoms with van der Waals surface area (Å²) < 4.78 is 6.68. The number of carbonyl (C=O) groups excluding carboxylic acids is 1. The second-order valence-corrected chi connectivity index (χ2v) is 6.75. The van der Waals surface area contributed by atoms with E-state index in [2.05, 4.69) is 9.88 Å². The number of aromatic amines is 1. The second-order valence-electron chi connectivity index (χ2n) is 6.75. The number of anilines is 1. The Morgan fingerprint density at radius 3 is 2.70 bits per heavy atom. The van der Waals surface area contributed by atoms with Crippen LogP contribution in [0.25, 0.3) is 0 Å². The lowest BCUT2D eigenvalue weighted by Gasteiger charge is -2.41. The van der Waals surface area contributed by atoms with Crippen molar-refractivity contribution in [3.05, 3.63) is 56.9 Å². The highest BCUT2D eigenvalue weighted by Crippen LogP contribution is 2.29. The number of benzene rings is 1. The predicted octanol–water partition coefficient (Wildman–Crippen LogP) is 0.591. The monoisotopic (exact) mass is 372 g/mol. The molecule has 1 aromatic heterocycles. The molecule has 0 unspecified atom stereocenters. The molecule has 1 aromatic carbocycles. The first-order valence-corrected chi connectivity index (χ1v) is 8.88. The first-order chi connectivity index (χ1) is 12.9. The number of H-pyrrole nitrogens is 1. The van der Waals surface area contributed by atoms with Crippen LogP contribution < -0.4 is 20.9 Å². The maximum atomic E-state index is 12.7. The number of nitrogens with zero attached hydrogens (tertiary/aromatic N) is 3. The third kappa shape index (κ3) is 3.89. The minimum atomic E-state index is -0.570. The number of rotatable bonds is 4. The molecule has 0 aliphatic carbocycles. The van der Waals surface area contributed by atoms with E-state index < -0.39 is 11.2 Å². The molecule has 1 aliphatic rings. The van der Waals surface area contributed by atoms with Crippen molar-refractivity contribution in [3.63, 3.8) is 0 Å². The zero-order chi connectivity index (χ0) is 19.6. The topological polar surface area (TPSA) is 87.6 Å². The molecule has 2 heterocycles. The van der Waals surface area contributed by atoms with Gasteiger partial charge in [-0.15, -0.1) is 0 Å². The molecular weight excluding hydrogens is 348 g/mol. The quantitative estimate of drug-likeness (QED) is 0.849. The SMILES string of the molecule is COc1ccccc1N1CCN(C(=O)Cn2cc(C)c(=O)[nH]c2=O)[C@H](C)C1. The first-order valence-electron chi connectivity index (χ1n) is 8.88. The summed E-state index contributed by atoms with van der Waals surface area (Å²) in [4.78, 5) is 42.3. The maximum Gasteiger partial charge on any atom is 0.328 e. The summed E-state index contributed by atoms with van der Waals surface area (Å²) >= 11 is 0. The number of piperazine rings is 1. The van der Waals surface area contributed by atoms with Gasteiger partial charge in [0.1, 0.15) is 12.3 Å². The number of aryl methyl sites for hydroxylation is 1. The molecule has 8 nitrogen and oxygen atoms in total. The summed E-state index contributed by atoms with van der Waals surface area (Å²) in [5, 5.41) is 0. The molecule has 2 aromatic rings. The highest BCUT2D eigenvalue weighted by Gasteiger charge is 2.28. The van der Waals surface area contributed by atoms with Crippen LogP contribution in [0.15, 0.2) is 40.1 Å². The Morgan fingerprint density at radius 1 is 1.26 bits per heavy atom. The molecule has 0 spiro atoms. The average Bonchev–Trinajstić information content (AvgIpc) is 2.65. The average molecular weight is 372 g/mol. The Balaban J connectivity index is 1.71. The molecule has 1 fully saturated rings. The third-order valence-corrected chi connectivity index (χ3v) is 4.87. The van der Waals surface area contributed by atoms with Crippen LogP contribution >= 0.6 is 0 Å². The number of amides is 1. The third-order valence-electron chi connectivity index (χ3n) is 4.87. The lowest BCUT2D eigenvalue weighted by molar-refractivity contribution is -0.134. The van der Waals surface area contributed by atoms with Crippen LogP contribution in [0.2, 0.25) is 0 Å². The van der Waals surface area contributed by atoms with Crippen molar-refractivity contribution in [2.45, 2.75) is 26.4 Å². The van der Waals surface area contributed by atoms with Crippen molar-refractivity contribution < 1.29 is 9.53 Å². The van der Waals surface area contributed by atoms with Crippen LogP contribution in [0.4, 0.5) is 5.69 Å². The van der Waals surface area contributed by atoms with Gasteiger partial charge in [-0.05, 0) is 26.0 Å². The minimum Gasteiger partial charge on any atom is -0.495 e. The maximum absolute atomic E-state index is 12.7. The second kappa shape index (κ2) is 7.69. The zero-order valence-corrected chi connectivity index (χ0v) is 15.8. The summed E-state index contributed by atoms with van der Waals surface area (Å²) in [6, 6.07) is 7.80. The smallest absolute Gasteiger partial charge is 0.328 e. The number of nitrogens with one attached hydrogen (secondary N) is 1. The molecule has 144 valence electrons. The Hall–Kier alpha value is -3.03. The van der Waals surface area contributed by atoms with Crippen molar-refractivity contribution in [1.82, 2.24) is 14.5 Å². The Morgan fingerprint density at radius 2 is 2.00 bits per heavy atom. The summed E-state index contributed by atoms with van der Waals surface area (Å²) in [7, 11) is 1.64. The van der Waals surface area contributed by atoms with Crippen LogP contribution in [0.3, 0.4) is 0 Å². The van der Waals surface area contributed by atoms with E-state index >= 15 is 0 Å². The van der Waals surface area contributed by atoms with Crippen molar-refractivity contribution >= 4 is 11.6 Å². The summed E-state index contributed by atoms with van der Waals surface area (Å²) in [6.45, 7) is 5.40. The minimum absolute atomic E-state index is 0.0178. The summed E-state index contributed by atoms with van der Waals surface area (Å²) in [5.41, 5.74) is 0.407. The fraction of sp³-hybridized carbons (Fsp3) is 0.421. The largest absolute Gasteiger partial charge is 0.495 e. The molecule has 8 heteroatoms. The molecule has 1 aliphatic heterocycles. The number of para-hydroxylation sites is 2. The van der Waals surface area contributed by atoms with E-state index in [-0.39, 0.29) is 18.5 Å². The van der Waals surface area contributed by atoms with Gasteiger partial charge < -0.3 is 14.5 Å². The fourth-order valence-corrected chi connectivity index (χ4v) is 3.41. The van der Waals surface area contributed by atoms with Crippen molar-refractivity contribution in [1.29, 1.82) is 0 Å². The van der Waals surface area contributed by atoms with E-state index in [0.717, 1.165) is 11.4 Å². The molecule has 1 N–H and O–H groups in total. The van der Waals surface area contributed by atoms with Crippen molar-refractivity contribution in [2.75, 3.05) is 31.6 Å². The van der Waals surface area contributed by atoms with Crippen LogP contribution in [0, 0.1) is 6.92 Å². The van der Waals surface area contributed by atoms with Gasteiger partial charge in [0.05, 0.1) is 12.8 Å². The van der Waals surface area contributed by atoms with Gasteiger partial charge in [-0.1, -0.05) is 12.1 Å². The van der Waals surface area contributed by atoms with Gasteiger partial charge in [0.2, 0.25) is 5.91 Å². The zero-order valence-electron chi connectivity index (χ0n) is 15.8. The number of hydrogen-bond donors (Lipinski definition) is 1. The van der Waals surface area contributed by atoms with E-state index in [1.54, 1.807) is 18.9 Å². The lowest BCUT2D eigenvalue weighted by Crippen LogP contribution is -2.55. The van der Waals surface area contributed by atoms with Crippen LogP contribution in [0.1, 0.15) is 12.5 Å². The number of hydrogen-bond acceptors (Lipinski definition) is 5. The van der Waals surface area contributed by atoms with Crippen molar-refractivity contribution in [2.24, 2.45) is 0 Å². The highest BCUT2D eigenvalue weighted by molar-refractivity contribution is 5.77. The van der Waals surface area contributed by atoms with Crippen LogP contribution in [-0.4, -0.2) is 53.1 Å². The predicted molar refractivity (Wildman–Crippen MR) is 102 cm³/mol. The molecule has 1 saturated heterocycles. The number of carbonyl (C=O) groups is 1. The summed E-state index contributed by atoms with van der Waals surface area (Å²) in [5.74, 6) is 0.662. The Kier molecular flexibility index (Phi) is 5.34. The van der Waals surface area contributed by atoms with Gasteiger partial charge in [0.15, 0.2) is 0 Å². The fourth-order valence-electron chi connectivity index (χ4n) is 3.41. The molecule has 1 amide bonds. The molecule has 27 heavy (non-hydrogen) atoms. The van der Waals surface area contributed by atoms with E-state index in [9.17, 15) is 14.4 Å². The number of methoxy groups -OCH3 is 1. The molecule has 1 atom stereocenters. The van der Waals surface area contributed by atoms with Crippen LogP contribution in [0.5, 0.6) is 5.75 Å². The molecule has 0 bridgehead atoms. The number of ether oxygens (including phenoxy) is 1. The van der Waals surface area contributed by atoms with E-state index in [1.165, 1.54) is 10.8 Å². The van der Waals surface area contributed by atoms with E-state index in [4.69, 9.17) is 4.74 Å². The van der Waals surface area contributed by atoms with Gasteiger partial charge >= 0.3 is 5.69 Å². The lowest BCUT2D eigenvalue weighted by atomic mass is 10.1. The normalized spacial score (nSPS) is 17.1. The van der Waals surface area contributed by atoms with Gasteiger partial charge in [0, 0.05) is 37.4 Å². The van der Waals surface area contributed by atoms with Crippen LogP contribution in [-0.2, 0) is 11.3 Å². The number of aromatic nitrogens is 2. The molecule has 0 radical (unpaired) electrons. The van der Waals surface area contributed by atoms with Crippen molar-refractivity contribution in [3.8, 4) is 5.75 Å². The van der Waals surface area contributed by atoms with Gasteiger partial charge in [-0.25, -0.2) is 4.79 Å².